The number of fused-ring (bicyclic) bond motifs is 1. The quantitative estimate of drug-likeness (QED) is 0.783. The van der Waals surface area contributed by atoms with E-state index in [-0.39, 0.29) is 5.91 Å². The Morgan fingerprint density at radius 1 is 0.885 bits per heavy atom. The molecule has 0 radical (unpaired) electrons. The van der Waals surface area contributed by atoms with Crippen LogP contribution in [0, 0.1) is 0 Å². The number of carbonyl (C=O) groups is 1. The Labute approximate surface area is 151 Å². The number of hydrogen-bond donors (Lipinski definition) is 1. The van der Waals surface area contributed by atoms with E-state index >= 15 is 0 Å². The minimum Gasteiger partial charge on any atom is -0.486 e. The number of benzene rings is 2. The number of nitrogens with one attached hydrogen (secondary N) is 1. The minimum absolute atomic E-state index is 0.177. The molecule has 2 aromatic carbocycles. The zero-order valence-corrected chi connectivity index (χ0v) is 14.1. The smallest absolute Gasteiger partial charge is 0.255 e. The number of pyridine rings is 1. The number of anilines is 1. The normalized spacial score (nSPS) is 12.5. The molecule has 0 fully saturated rings. The van der Waals surface area contributed by atoms with E-state index in [0.717, 1.165) is 12.1 Å². The zero-order chi connectivity index (χ0) is 17.8. The van der Waals surface area contributed by atoms with Gasteiger partial charge in [-0.15, -0.1) is 0 Å². The molecule has 0 saturated carbocycles. The lowest BCUT2D eigenvalue weighted by Gasteiger charge is -2.18. The van der Waals surface area contributed by atoms with Gasteiger partial charge < -0.3 is 14.8 Å². The van der Waals surface area contributed by atoms with Gasteiger partial charge >= 0.3 is 0 Å². The first-order valence-electron chi connectivity index (χ1n) is 8.47. The van der Waals surface area contributed by atoms with Crippen molar-refractivity contribution in [3.8, 4) is 11.5 Å². The van der Waals surface area contributed by atoms with Crippen LogP contribution >= 0.6 is 0 Å². The van der Waals surface area contributed by atoms with Crippen LogP contribution in [-0.4, -0.2) is 24.1 Å². The molecule has 1 N–H and O–H groups in total. The van der Waals surface area contributed by atoms with E-state index in [1.54, 1.807) is 30.6 Å². The summed E-state index contributed by atoms with van der Waals surface area (Å²) in [5.74, 6) is 1.11. The van der Waals surface area contributed by atoms with E-state index in [9.17, 15) is 4.79 Å². The van der Waals surface area contributed by atoms with Crippen molar-refractivity contribution in [3.05, 3.63) is 83.7 Å². The van der Waals surface area contributed by atoms with Gasteiger partial charge in [-0.05, 0) is 60.0 Å². The van der Waals surface area contributed by atoms with Crippen molar-refractivity contribution in [1.29, 1.82) is 0 Å². The van der Waals surface area contributed by atoms with Gasteiger partial charge in [0.15, 0.2) is 11.5 Å². The van der Waals surface area contributed by atoms with Gasteiger partial charge in [-0.2, -0.15) is 0 Å². The van der Waals surface area contributed by atoms with E-state index in [4.69, 9.17) is 9.47 Å². The molecule has 5 heteroatoms. The summed E-state index contributed by atoms with van der Waals surface area (Å²) in [6, 6.07) is 17.1. The maximum Gasteiger partial charge on any atom is 0.255 e. The zero-order valence-electron chi connectivity index (χ0n) is 14.1. The molecular weight excluding hydrogens is 328 g/mol. The second-order valence-electron chi connectivity index (χ2n) is 6.04. The van der Waals surface area contributed by atoms with E-state index < -0.39 is 0 Å². The van der Waals surface area contributed by atoms with Crippen LogP contribution in [0.4, 0.5) is 5.69 Å². The molecule has 0 unspecified atom stereocenters. The SMILES string of the molecule is O=C(Nc1ccc(Cc2ccncc2)cc1)c1ccc2c(c1)OCCO2. The van der Waals surface area contributed by atoms with Crippen LogP contribution in [0.3, 0.4) is 0 Å². The molecule has 1 aliphatic rings. The highest BCUT2D eigenvalue weighted by Gasteiger charge is 2.15. The molecular formula is C21H18N2O3. The van der Waals surface area contributed by atoms with Crippen molar-refractivity contribution < 1.29 is 14.3 Å². The van der Waals surface area contributed by atoms with Gasteiger partial charge in [0.2, 0.25) is 0 Å². The van der Waals surface area contributed by atoms with E-state index in [1.165, 1.54) is 11.1 Å². The van der Waals surface area contributed by atoms with Crippen molar-refractivity contribution in [3.63, 3.8) is 0 Å². The Morgan fingerprint density at radius 2 is 1.58 bits per heavy atom. The molecule has 0 spiro atoms. The standard InChI is InChI=1S/C21H18N2O3/c24-21(17-3-6-19-20(14-17)26-12-11-25-19)23-18-4-1-15(2-5-18)13-16-7-9-22-10-8-16/h1-10,14H,11-13H2,(H,23,24). The first kappa shape index (κ1) is 16.1. The number of nitrogens with zero attached hydrogens (tertiary/aromatic N) is 1. The highest BCUT2D eigenvalue weighted by Crippen LogP contribution is 2.31. The average Bonchev–Trinajstić information content (AvgIpc) is 2.70. The molecule has 130 valence electrons. The number of carbonyl (C=O) groups excluding carboxylic acids is 1. The predicted molar refractivity (Wildman–Crippen MR) is 98.9 cm³/mol. The summed E-state index contributed by atoms with van der Waals surface area (Å²) in [6.45, 7) is 1.03. The van der Waals surface area contributed by atoms with Crippen molar-refractivity contribution in [2.75, 3.05) is 18.5 Å². The summed E-state index contributed by atoms with van der Waals surface area (Å²) in [5, 5.41) is 2.91. The Kier molecular flexibility index (Phi) is 4.51. The summed E-state index contributed by atoms with van der Waals surface area (Å²) in [6.07, 6.45) is 4.41. The van der Waals surface area contributed by atoms with Crippen molar-refractivity contribution in [2.24, 2.45) is 0 Å². The van der Waals surface area contributed by atoms with Gasteiger partial charge in [0, 0.05) is 23.6 Å². The van der Waals surface area contributed by atoms with Crippen LogP contribution in [0.1, 0.15) is 21.5 Å². The molecule has 1 aromatic heterocycles. The lowest BCUT2D eigenvalue weighted by molar-refractivity contribution is 0.102. The molecule has 3 aromatic rings. The number of rotatable bonds is 4. The van der Waals surface area contributed by atoms with Gasteiger partial charge in [0.1, 0.15) is 13.2 Å². The molecule has 0 saturated heterocycles. The fourth-order valence-corrected chi connectivity index (χ4v) is 2.83. The lowest BCUT2D eigenvalue weighted by Crippen LogP contribution is -2.17. The molecule has 26 heavy (non-hydrogen) atoms. The third kappa shape index (κ3) is 3.67. The number of ether oxygens (including phenoxy) is 2. The number of amides is 1. The van der Waals surface area contributed by atoms with Gasteiger partial charge in [-0.1, -0.05) is 12.1 Å². The third-order valence-electron chi connectivity index (χ3n) is 4.17. The summed E-state index contributed by atoms with van der Waals surface area (Å²) >= 11 is 0. The minimum atomic E-state index is -0.177. The first-order chi connectivity index (χ1) is 12.8. The monoisotopic (exact) mass is 346 g/mol. The molecule has 5 nitrogen and oxygen atoms in total. The molecule has 1 aliphatic heterocycles. The summed E-state index contributed by atoms with van der Waals surface area (Å²) in [7, 11) is 0. The number of aromatic nitrogens is 1. The second-order valence-corrected chi connectivity index (χ2v) is 6.04. The lowest BCUT2D eigenvalue weighted by atomic mass is 10.1. The molecule has 0 bridgehead atoms. The predicted octanol–water partition coefficient (Wildman–Crippen LogP) is 3.70. The van der Waals surface area contributed by atoms with Crippen LogP contribution in [0.15, 0.2) is 67.0 Å². The maximum atomic E-state index is 12.5. The summed E-state index contributed by atoms with van der Waals surface area (Å²) < 4.78 is 11.0. The fourth-order valence-electron chi connectivity index (χ4n) is 2.83. The average molecular weight is 346 g/mol. The van der Waals surface area contributed by atoms with Crippen LogP contribution in [0.25, 0.3) is 0 Å². The molecule has 0 aliphatic carbocycles. The second kappa shape index (κ2) is 7.27. The Bertz CT molecular complexity index is 908. The van der Waals surface area contributed by atoms with E-state index in [0.29, 0.717) is 30.3 Å². The van der Waals surface area contributed by atoms with Crippen molar-refractivity contribution in [1.82, 2.24) is 4.98 Å². The van der Waals surface area contributed by atoms with Crippen LogP contribution in [0.5, 0.6) is 11.5 Å². The highest BCUT2D eigenvalue weighted by atomic mass is 16.6. The Morgan fingerprint density at radius 3 is 2.35 bits per heavy atom. The maximum absolute atomic E-state index is 12.5. The van der Waals surface area contributed by atoms with Crippen LogP contribution in [0.2, 0.25) is 0 Å². The van der Waals surface area contributed by atoms with Crippen molar-refractivity contribution in [2.45, 2.75) is 6.42 Å². The van der Waals surface area contributed by atoms with Gasteiger partial charge in [-0.3, -0.25) is 9.78 Å². The molecule has 4 rings (SSSR count). The largest absolute Gasteiger partial charge is 0.486 e. The van der Waals surface area contributed by atoms with E-state index in [2.05, 4.69) is 10.3 Å². The third-order valence-corrected chi connectivity index (χ3v) is 4.17. The van der Waals surface area contributed by atoms with Gasteiger partial charge in [0.05, 0.1) is 0 Å². The first-order valence-corrected chi connectivity index (χ1v) is 8.47. The fraction of sp³-hybridized carbons (Fsp3) is 0.143. The molecule has 0 atom stereocenters. The van der Waals surface area contributed by atoms with Gasteiger partial charge in [-0.25, -0.2) is 0 Å². The topological polar surface area (TPSA) is 60.5 Å². The summed E-state index contributed by atoms with van der Waals surface area (Å²) in [4.78, 5) is 16.5. The van der Waals surface area contributed by atoms with E-state index in [1.807, 2.05) is 36.4 Å². The van der Waals surface area contributed by atoms with Crippen LogP contribution < -0.4 is 14.8 Å². The number of hydrogen-bond acceptors (Lipinski definition) is 4. The molecule has 2 heterocycles. The Hall–Kier alpha value is -3.34. The molecule has 1 amide bonds. The summed E-state index contributed by atoms with van der Waals surface area (Å²) in [5.41, 5.74) is 3.67. The van der Waals surface area contributed by atoms with Crippen molar-refractivity contribution >= 4 is 11.6 Å². The Balaban J connectivity index is 1.43. The van der Waals surface area contributed by atoms with Gasteiger partial charge in [0.25, 0.3) is 5.91 Å². The highest BCUT2D eigenvalue weighted by molar-refractivity contribution is 6.04. The van der Waals surface area contributed by atoms with Crippen LogP contribution in [-0.2, 0) is 6.42 Å².